The number of benzene rings is 2. The molecule has 0 radical (unpaired) electrons. The lowest BCUT2D eigenvalue weighted by Gasteiger charge is -2.12. The van der Waals surface area contributed by atoms with Crippen LogP contribution >= 0.6 is 11.6 Å². The van der Waals surface area contributed by atoms with Gasteiger partial charge in [0.1, 0.15) is 17.3 Å². The van der Waals surface area contributed by atoms with Crippen LogP contribution in [0.25, 0.3) is 0 Å². The molecule has 2 aromatic carbocycles. The van der Waals surface area contributed by atoms with Crippen molar-refractivity contribution < 1.29 is 13.9 Å². The summed E-state index contributed by atoms with van der Waals surface area (Å²) in [6, 6.07) is 12.7. The van der Waals surface area contributed by atoms with Crippen LogP contribution in [0.4, 0.5) is 4.39 Å². The number of nitrogens with zero attached hydrogens (tertiary/aromatic N) is 1. The van der Waals surface area contributed by atoms with E-state index in [0.717, 1.165) is 0 Å². The van der Waals surface area contributed by atoms with E-state index in [0.29, 0.717) is 28.0 Å². The molecule has 0 saturated carbocycles. The minimum absolute atomic E-state index is 0.320. The van der Waals surface area contributed by atoms with Crippen LogP contribution in [0.2, 0.25) is 5.02 Å². The first kappa shape index (κ1) is 14.5. The van der Waals surface area contributed by atoms with E-state index in [4.69, 9.17) is 21.1 Å². The number of aromatic nitrogens is 1. The zero-order chi connectivity index (χ0) is 15.5. The summed E-state index contributed by atoms with van der Waals surface area (Å²) in [7, 11) is 1.91. The molecule has 112 valence electrons. The predicted octanol–water partition coefficient (Wildman–Crippen LogP) is 5.40. The summed E-state index contributed by atoms with van der Waals surface area (Å²) < 4.78 is 26.4. The van der Waals surface area contributed by atoms with Crippen molar-refractivity contribution in [3.05, 3.63) is 71.8 Å². The van der Waals surface area contributed by atoms with E-state index in [2.05, 4.69) is 0 Å². The highest BCUT2D eigenvalue weighted by Crippen LogP contribution is 2.36. The second-order valence-corrected chi connectivity index (χ2v) is 5.20. The van der Waals surface area contributed by atoms with E-state index in [9.17, 15) is 4.39 Å². The van der Waals surface area contributed by atoms with Gasteiger partial charge in [-0.3, -0.25) is 0 Å². The van der Waals surface area contributed by atoms with E-state index in [1.54, 1.807) is 30.3 Å². The second kappa shape index (κ2) is 6.12. The summed E-state index contributed by atoms with van der Waals surface area (Å²) in [5.41, 5.74) is 0. The zero-order valence-electron chi connectivity index (χ0n) is 11.8. The second-order valence-electron chi connectivity index (χ2n) is 4.76. The van der Waals surface area contributed by atoms with Crippen molar-refractivity contribution in [1.29, 1.82) is 0 Å². The molecule has 0 aliphatic heterocycles. The van der Waals surface area contributed by atoms with Crippen LogP contribution in [0.5, 0.6) is 23.0 Å². The molecule has 5 heteroatoms. The van der Waals surface area contributed by atoms with Crippen LogP contribution in [0.1, 0.15) is 0 Å². The van der Waals surface area contributed by atoms with Crippen LogP contribution in [0.3, 0.4) is 0 Å². The SMILES string of the molecule is Cn1ccc(Oc2ccc(Cl)cc2Oc2ccc(F)cc2)c1. The normalized spacial score (nSPS) is 10.5. The van der Waals surface area contributed by atoms with E-state index >= 15 is 0 Å². The monoisotopic (exact) mass is 317 g/mol. The van der Waals surface area contributed by atoms with Gasteiger partial charge in [-0.25, -0.2) is 4.39 Å². The molecule has 0 aliphatic carbocycles. The molecule has 1 aromatic heterocycles. The van der Waals surface area contributed by atoms with Gasteiger partial charge in [0.05, 0.1) is 0 Å². The van der Waals surface area contributed by atoms with E-state index in [1.807, 2.05) is 30.1 Å². The van der Waals surface area contributed by atoms with Crippen molar-refractivity contribution in [3.8, 4) is 23.0 Å². The highest BCUT2D eigenvalue weighted by atomic mass is 35.5. The maximum atomic E-state index is 13.0. The Morgan fingerprint density at radius 2 is 1.64 bits per heavy atom. The molecule has 3 rings (SSSR count). The Balaban J connectivity index is 1.88. The number of halogens is 2. The van der Waals surface area contributed by atoms with Crippen LogP contribution in [0.15, 0.2) is 60.9 Å². The Morgan fingerprint density at radius 1 is 0.909 bits per heavy atom. The lowest BCUT2D eigenvalue weighted by molar-refractivity contribution is 0.418. The summed E-state index contributed by atoms with van der Waals surface area (Å²) in [6.45, 7) is 0. The maximum Gasteiger partial charge on any atom is 0.171 e. The van der Waals surface area contributed by atoms with Gasteiger partial charge in [-0.2, -0.15) is 0 Å². The maximum absolute atomic E-state index is 13.0. The molecule has 0 fully saturated rings. The summed E-state index contributed by atoms with van der Waals surface area (Å²) >= 11 is 6.02. The fourth-order valence-corrected chi connectivity index (χ4v) is 2.10. The molecule has 3 aromatic rings. The van der Waals surface area contributed by atoms with Gasteiger partial charge >= 0.3 is 0 Å². The smallest absolute Gasteiger partial charge is 0.171 e. The Hall–Kier alpha value is -2.46. The lowest BCUT2D eigenvalue weighted by atomic mass is 10.3. The number of rotatable bonds is 4. The fraction of sp³-hybridized carbons (Fsp3) is 0.0588. The Labute approximate surface area is 132 Å². The van der Waals surface area contributed by atoms with Crippen LogP contribution in [0, 0.1) is 5.82 Å². The minimum atomic E-state index is -0.320. The van der Waals surface area contributed by atoms with Crippen LogP contribution in [-0.4, -0.2) is 4.57 Å². The molecule has 0 bridgehead atoms. The molecular formula is C17H13ClFNO2. The van der Waals surface area contributed by atoms with Crippen LogP contribution < -0.4 is 9.47 Å². The first-order chi connectivity index (χ1) is 10.6. The molecule has 0 saturated heterocycles. The fourth-order valence-electron chi connectivity index (χ4n) is 1.94. The van der Waals surface area contributed by atoms with E-state index in [1.165, 1.54) is 12.1 Å². The molecule has 1 heterocycles. The summed E-state index contributed by atoms with van der Waals surface area (Å²) in [5, 5.41) is 0.525. The summed E-state index contributed by atoms with van der Waals surface area (Å²) in [5.74, 6) is 1.86. The van der Waals surface area contributed by atoms with E-state index in [-0.39, 0.29) is 5.82 Å². The van der Waals surface area contributed by atoms with Gasteiger partial charge in [0.25, 0.3) is 0 Å². The summed E-state index contributed by atoms with van der Waals surface area (Å²) in [6.07, 6.45) is 3.72. The van der Waals surface area contributed by atoms with Gasteiger partial charge in [0.2, 0.25) is 0 Å². The quantitative estimate of drug-likeness (QED) is 0.643. The number of aryl methyl sites for hydroxylation is 1. The Kier molecular flexibility index (Phi) is 4.02. The standard InChI is InChI=1S/C17H13ClFNO2/c1-20-9-8-15(11-20)22-16-7-2-12(18)10-17(16)21-14-5-3-13(19)4-6-14/h2-11H,1H3. The highest BCUT2D eigenvalue weighted by Gasteiger charge is 2.09. The molecule has 0 atom stereocenters. The topological polar surface area (TPSA) is 23.4 Å². The van der Waals surface area contributed by atoms with Crippen molar-refractivity contribution >= 4 is 11.6 Å². The van der Waals surface area contributed by atoms with Gasteiger partial charge < -0.3 is 14.0 Å². The molecule has 0 aliphatic rings. The van der Waals surface area contributed by atoms with Crippen molar-refractivity contribution in [3.63, 3.8) is 0 Å². The van der Waals surface area contributed by atoms with Crippen molar-refractivity contribution in [1.82, 2.24) is 4.57 Å². The summed E-state index contributed by atoms with van der Waals surface area (Å²) in [4.78, 5) is 0. The van der Waals surface area contributed by atoms with Gasteiger partial charge in [-0.15, -0.1) is 0 Å². The third kappa shape index (κ3) is 3.40. The molecule has 0 N–H and O–H groups in total. The van der Waals surface area contributed by atoms with Crippen molar-refractivity contribution in [2.75, 3.05) is 0 Å². The van der Waals surface area contributed by atoms with Gasteiger partial charge in [-0.1, -0.05) is 11.6 Å². The Morgan fingerprint density at radius 3 is 2.32 bits per heavy atom. The average Bonchev–Trinajstić information content (AvgIpc) is 2.90. The first-order valence-electron chi connectivity index (χ1n) is 6.63. The van der Waals surface area contributed by atoms with Crippen LogP contribution in [-0.2, 0) is 7.05 Å². The average molecular weight is 318 g/mol. The molecule has 22 heavy (non-hydrogen) atoms. The predicted molar refractivity (Wildman–Crippen MR) is 83.4 cm³/mol. The first-order valence-corrected chi connectivity index (χ1v) is 7.01. The van der Waals surface area contributed by atoms with Crippen molar-refractivity contribution in [2.24, 2.45) is 7.05 Å². The minimum Gasteiger partial charge on any atom is -0.453 e. The van der Waals surface area contributed by atoms with Gasteiger partial charge in [0.15, 0.2) is 11.5 Å². The largest absolute Gasteiger partial charge is 0.453 e. The number of ether oxygens (including phenoxy) is 2. The number of hydrogen-bond acceptors (Lipinski definition) is 2. The third-order valence-electron chi connectivity index (χ3n) is 2.98. The molecule has 0 amide bonds. The molecule has 0 unspecified atom stereocenters. The molecule has 3 nitrogen and oxygen atoms in total. The highest BCUT2D eigenvalue weighted by molar-refractivity contribution is 6.30. The lowest BCUT2D eigenvalue weighted by Crippen LogP contribution is -1.90. The van der Waals surface area contributed by atoms with Crippen molar-refractivity contribution in [2.45, 2.75) is 0 Å². The Bertz CT molecular complexity index is 784. The van der Waals surface area contributed by atoms with Gasteiger partial charge in [-0.05, 0) is 42.5 Å². The van der Waals surface area contributed by atoms with E-state index < -0.39 is 0 Å². The zero-order valence-corrected chi connectivity index (χ0v) is 12.5. The molecular weight excluding hydrogens is 305 g/mol. The number of hydrogen-bond donors (Lipinski definition) is 0. The third-order valence-corrected chi connectivity index (χ3v) is 3.21. The van der Waals surface area contributed by atoms with Gasteiger partial charge in [0, 0.05) is 30.5 Å². The molecule has 0 spiro atoms.